The highest BCUT2D eigenvalue weighted by atomic mass is 16.5. The van der Waals surface area contributed by atoms with Crippen molar-refractivity contribution in [2.24, 2.45) is 0 Å². The molecule has 8 nitrogen and oxygen atoms in total. The van der Waals surface area contributed by atoms with E-state index in [1.54, 1.807) is 37.3 Å². The number of urea groups is 1. The molecule has 0 unspecified atom stereocenters. The predicted molar refractivity (Wildman–Crippen MR) is 103 cm³/mol. The van der Waals surface area contributed by atoms with Crippen molar-refractivity contribution in [2.75, 3.05) is 13.2 Å². The Hall–Kier alpha value is -3.68. The van der Waals surface area contributed by atoms with Gasteiger partial charge < -0.3 is 15.4 Å². The second kappa shape index (κ2) is 8.55. The lowest BCUT2D eigenvalue weighted by Gasteiger charge is -2.21. The maximum Gasteiger partial charge on any atom is 0.326 e. The lowest BCUT2D eigenvalue weighted by atomic mass is 9.92. The van der Waals surface area contributed by atoms with Crippen molar-refractivity contribution in [1.29, 1.82) is 0 Å². The Morgan fingerprint density at radius 1 is 1.03 bits per heavy atom. The van der Waals surface area contributed by atoms with Crippen molar-refractivity contribution in [3.63, 3.8) is 0 Å². The molecule has 150 valence electrons. The van der Waals surface area contributed by atoms with Gasteiger partial charge in [0.2, 0.25) is 0 Å². The van der Waals surface area contributed by atoms with Gasteiger partial charge in [-0.2, -0.15) is 0 Å². The molecule has 0 aromatic heterocycles. The summed E-state index contributed by atoms with van der Waals surface area (Å²) >= 11 is 0. The van der Waals surface area contributed by atoms with Gasteiger partial charge in [-0.05, 0) is 18.1 Å². The van der Waals surface area contributed by atoms with Gasteiger partial charge in [0.05, 0.1) is 0 Å². The van der Waals surface area contributed by atoms with Crippen LogP contribution in [-0.4, -0.2) is 41.9 Å². The van der Waals surface area contributed by atoms with E-state index in [1.165, 1.54) is 0 Å². The largest absolute Gasteiger partial charge is 0.454 e. The van der Waals surface area contributed by atoms with Gasteiger partial charge in [0, 0.05) is 6.54 Å². The summed E-state index contributed by atoms with van der Waals surface area (Å²) in [5.41, 5.74) is 0.257. The van der Waals surface area contributed by atoms with Crippen molar-refractivity contribution >= 4 is 23.8 Å². The molecule has 3 rings (SSSR count). The van der Waals surface area contributed by atoms with Crippen molar-refractivity contribution < 1.29 is 23.9 Å². The maximum atomic E-state index is 12.7. The molecule has 4 amide bonds. The number of carbonyl (C=O) groups excluding carboxylic acids is 4. The molecular weight excluding hydrogens is 374 g/mol. The van der Waals surface area contributed by atoms with Gasteiger partial charge >= 0.3 is 12.0 Å². The first kappa shape index (κ1) is 20.1. The summed E-state index contributed by atoms with van der Waals surface area (Å²) < 4.78 is 4.90. The number of esters is 1. The molecule has 8 heteroatoms. The minimum atomic E-state index is -1.26. The summed E-state index contributed by atoms with van der Waals surface area (Å²) in [6.45, 7) is 0.814. The minimum Gasteiger partial charge on any atom is -0.454 e. The molecule has 0 saturated carbocycles. The van der Waals surface area contributed by atoms with E-state index >= 15 is 0 Å². The van der Waals surface area contributed by atoms with Crippen LogP contribution in [0.3, 0.4) is 0 Å². The van der Waals surface area contributed by atoms with Crippen LogP contribution in [0.25, 0.3) is 0 Å². The fraction of sp³-hybridized carbons (Fsp3) is 0.238. The zero-order valence-electron chi connectivity index (χ0n) is 15.9. The normalized spacial score (nSPS) is 18.3. The van der Waals surface area contributed by atoms with Crippen molar-refractivity contribution in [1.82, 2.24) is 15.5 Å². The Kier molecular flexibility index (Phi) is 5.92. The number of nitrogens with one attached hydrogen (secondary N) is 2. The third kappa shape index (κ3) is 4.60. The van der Waals surface area contributed by atoms with E-state index in [9.17, 15) is 19.2 Å². The van der Waals surface area contributed by atoms with E-state index in [0.717, 1.165) is 10.5 Å². The zero-order chi connectivity index (χ0) is 20.9. The predicted octanol–water partition coefficient (Wildman–Crippen LogP) is 1.31. The molecular formula is C21H21N3O5. The summed E-state index contributed by atoms with van der Waals surface area (Å²) in [4.78, 5) is 49.6. The lowest BCUT2D eigenvalue weighted by molar-refractivity contribution is -0.151. The molecule has 1 saturated heterocycles. The van der Waals surface area contributed by atoms with E-state index in [2.05, 4.69) is 10.6 Å². The fourth-order valence-electron chi connectivity index (χ4n) is 2.98. The molecule has 0 spiro atoms. The van der Waals surface area contributed by atoms with E-state index < -0.39 is 42.5 Å². The van der Waals surface area contributed by atoms with E-state index in [-0.39, 0.29) is 0 Å². The lowest BCUT2D eigenvalue weighted by Crippen LogP contribution is -2.41. The number of amides is 4. The molecule has 2 aromatic carbocycles. The van der Waals surface area contributed by atoms with Crippen molar-refractivity contribution in [3.05, 3.63) is 71.8 Å². The summed E-state index contributed by atoms with van der Waals surface area (Å²) in [5, 5.41) is 5.23. The molecule has 1 aliphatic heterocycles. The van der Waals surface area contributed by atoms with Crippen LogP contribution in [0, 0.1) is 0 Å². The van der Waals surface area contributed by atoms with Gasteiger partial charge in [0.1, 0.15) is 12.1 Å². The van der Waals surface area contributed by atoms with Gasteiger partial charge in [0.25, 0.3) is 11.8 Å². The van der Waals surface area contributed by atoms with Crippen molar-refractivity contribution in [3.8, 4) is 0 Å². The highest BCUT2D eigenvalue weighted by Crippen LogP contribution is 2.28. The Morgan fingerprint density at radius 3 is 2.31 bits per heavy atom. The first-order valence-corrected chi connectivity index (χ1v) is 9.06. The average Bonchev–Trinajstić information content (AvgIpc) is 2.96. The van der Waals surface area contributed by atoms with Crippen LogP contribution in [0.4, 0.5) is 4.79 Å². The van der Waals surface area contributed by atoms with Gasteiger partial charge in [-0.3, -0.25) is 19.3 Å². The van der Waals surface area contributed by atoms with E-state index in [0.29, 0.717) is 12.1 Å². The van der Waals surface area contributed by atoms with Crippen LogP contribution in [0.15, 0.2) is 60.7 Å². The molecule has 1 heterocycles. The molecule has 29 heavy (non-hydrogen) atoms. The standard InChI is InChI=1S/C21H21N3O5/c1-21(16-10-6-3-7-11-16)19(27)24(20(28)23-21)13-18(26)29-14-17(25)22-12-15-8-4-2-5-9-15/h2-11H,12-14H2,1H3,(H,22,25)(H,23,28)/t21-/m1/s1. The number of rotatable bonds is 7. The number of carbonyl (C=O) groups is 4. The van der Waals surface area contributed by atoms with Crippen LogP contribution < -0.4 is 10.6 Å². The van der Waals surface area contributed by atoms with Gasteiger partial charge in [-0.1, -0.05) is 60.7 Å². The second-order valence-corrected chi connectivity index (χ2v) is 6.74. The number of hydrogen-bond acceptors (Lipinski definition) is 5. The summed E-state index contributed by atoms with van der Waals surface area (Å²) in [6.07, 6.45) is 0. The van der Waals surface area contributed by atoms with Crippen LogP contribution >= 0.6 is 0 Å². The fourth-order valence-corrected chi connectivity index (χ4v) is 2.98. The SMILES string of the molecule is C[C@]1(c2ccccc2)NC(=O)N(CC(=O)OCC(=O)NCc2ccccc2)C1=O. The Morgan fingerprint density at radius 2 is 1.66 bits per heavy atom. The van der Waals surface area contributed by atoms with Crippen LogP contribution in [0.2, 0.25) is 0 Å². The first-order chi connectivity index (χ1) is 13.9. The average molecular weight is 395 g/mol. The summed E-state index contributed by atoms with van der Waals surface area (Å²) in [6, 6.07) is 17.3. The Balaban J connectivity index is 1.51. The zero-order valence-corrected chi connectivity index (χ0v) is 15.9. The first-order valence-electron chi connectivity index (χ1n) is 9.06. The van der Waals surface area contributed by atoms with Gasteiger partial charge in [0.15, 0.2) is 6.61 Å². The molecule has 1 atom stereocenters. The number of nitrogens with zero attached hydrogens (tertiary/aromatic N) is 1. The monoisotopic (exact) mass is 395 g/mol. The maximum absolute atomic E-state index is 12.7. The second-order valence-electron chi connectivity index (χ2n) is 6.74. The van der Waals surface area contributed by atoms with Gasteiger partial charge in [-0.15, -0.1) is 0 Å². The van der Waals surface area contributed by atoms with Crippen molar-refractivity contribution in [2.45, 2.75) is 19.0 Å². The summed E-state index contributed by atoms with van der Waals surface area (Å²) in [7, 11) is 0. The van der Waals surface area contributed by atoms with E-state index in [1.807, 2.05) is 30.3 Å². The smallest absolute Gasteiger partial charge is 0.326 e. The molecule has 0 bridgehead atoms. The number of benzene rings is 2. The number of hydrogen-bond donors (Lipinski definition) is 2. The van der Waals surface area contributed by atoms with Gasteiger partial charge in [-0.25, -0.2) is 4.79 Å². The van der Waals surface area contributed by atoms with Crippen LogP contribution in [0.5, 0.6) is 0 Å². The Labute approximate surface area is 167 Å². The third-order valence-corrected chi connectivity index (χ3v) is 4.61. The Bertz CT molecular complexity index is 916. The van der Waals surface area contributed by atoms with Crippen LogP contribution in [-0.2, 0) is 31.2 Å². The molecule has 1 fully saturated rings. The quantitative estimate of drug-likeness (QED) is 0.543. The third-order valence-electron chi connectivity index (χ3n) is 4.61. The van der Waals surface area contributed by atoms with Crippen LogP contribution in [0.1, 0.15) is 18.1 Å². The molecule has 1 aliphatic rings. The molecule has 2 aromatic rings. The van der Waals surface area contributed by atoms with E-state index in [4.69, 9.17) is 4.74 Å². The number of imide groups is 1. The highest BCUT2D eigenvalue weighted by Gasteiger charge is 2.49. The number of ether oxygens (including phenoxy) is 1. The highest BCUT2D eigenvalue weighted by molar-refractivity contribution is 6.08. The molecule has 0 aliphatic carbocycles. The molecule has 2 N–H and O–H groups in total. The minimum absolute atomic E-state index is 0.305. The topological polar surface area (TPSA) is 105 Å². The summed E-state index contributed by atoms with van der Waals surface area (Å²) in [5.74, 6) is -1.88. The molecule has 0 radical (unpaired) electrons.